The van der Waals surface area contributed by atoms with E-state index in [1.807, 2.05) is 0 Å². The highest BCUT2D eigenvalue weighted by atomic mass is 28.4. The first-order valence-electron chi connectivity index (χ1n) is 6.24. The molecule has 0 aromatic carbocycles. The molecule has 1 saturated heterocycles. The highest BCUT2D eigenvalue weighted by Crippen LogP contribution is 2.20. The van der Waals surface area contributed by atoms with Gasteiger partial charge in [-0.2, -0.15) is 0 Å². The van der Waals surface area contributed by atoms with E-state index in [1.165, 1.54) is 0 Å². The van der Waals surface area contributed by atoms with E-state index >= 15 is 0 Å². The molecule has 20 heavy (non-hydrogen) atoms. The van der Waals surface area contributed by atoms with Crippen molar-refractivity contribution in [2.75, 3.05) is 28.2 Å². The lowest BCUT2D eigenvalue weighted by Crippen LogP contribution is -2.77. The second-order valence-electron chi connectivity index (χ2n) is 5.43. The number of rotatable bonds is 4. The van der Waals surface area contributed by atoms with Gasteiger partial charge in [-0.25, -0.2) is 0 Å². The molecule has 0 spiro atoms. The standard InChI is InChI=1S/C12H24N4Si4/c1-9-13(5)17-14(6,10-2)19-16(8,12-4)20-15(7,11-3)18-13/h9-12H,1-4H2,5-8H3/q+4. The van der Waals surface area contributed by atoms with Crippen molar-refractivity contribution >= 4 is 39.4 Å². The number of hydrogen-bond acceptors (Lipinski definition) is 0. The molecule has 0 bridgehead atoms. The summed E-state index contributed by atoms with van der Waals surface area (Å²) in [7, 11) is 11.6. The van der Waals surface area contributed by atoms with Crippen LogP contribution in [-0.2, 0) is 0 Å². The molecule has 4 nitrogen and oxygen atoms in total. The first kappa shape index (κ1) is 17.7. The Labute approximate surface area is 134 Å². The monoisotopic (exact) mass is 336 g/mol. The third kappa shape index (κ3) is 3.86. The maximum atomic E-state index is 4.06. The van der Waals surface area contributed by atoms with Crippen LogP contribution in [0, 0.1) is 0 Å². The summed E-state index contributed by atoms with van der Waals surface area (Å²) in [6, 6.07) is 0. The third-order valence-electron chi connectivity index (χ3n) is 3.12. The van der Waals surface area contributed by atoms with E-state index in [0.717, 1.165) is 15.3 Å². The quantitative estimate of drug-likeness (QED) is 0.656. The fraction of sp³-hybridized carbons (Fsp3) is 0.333. The molecular weight excluding hydrogens is 313 g/mol. The predicted molar refractivity (Wildman–Crippen MR) is 88.5 cm³/mol. The van der Waals surface area contributed by atoms with Gasteiger partial charge in [0.05, 0.1) is 24.8 Å². The molecule has 8 radical (unpaired) electrons. The van der Waals surface area contributed by atoms with Crippen LogP contribution in [0.2, 0.25) is 0 Å². The van der Waals surface area contributed by atoms with Crippen LogP contribution in [0.15, 0.2) is 51.1 Å². The van der Waals surface area contributed by atoms with Gasteiger partial charge in [0, 0.05) is 28.2 Å². The lowest BCUT2D eigenvalue weighted by molar-refractivity contribution is -0.856. The van der Waals surface area contributed by atoms with E-state index < -0.39 is 0 Å². The molecule has 0 unspecified atom stereocenters. The van der Waals surface area contributed by atoms with Crippen molar-refractivity contribution < 1.29 is 15.3 Å². The van der Waals surface area contributed by atoms with Crippen LogP contribution in [-0.4, -0.2) is 82.8 Å². The Morgan fingerprint density at radius 2 is 0.650 bits per heavy atom. The lowest BCUT2D eigenvalue weighted by Gasteiger charge is -2.41. The van der Waals surface area contributed by atoms with E-state index in [1.54, 1.807) is 0 Å². The summed E-state index contributed by atoms with van der Waals surface area (Å²) in [5, 5.41) is 0. The molecule has 0 N–H and O–H groups in total. The smallest absolute Gasteiger partial charge is 0.303 e. The zero-order valence-corrected chi connectivity index (χ0v) is 16.9. The SMILES string of the molecule is C=C[N+]1(C)[Si][N+](C)(C=C)[Si][N+](C)(C=C)[Si][N+](C)(C=C)[Si]1. The third-order valence-corrected chi connectivity index (χ3v) is 10.3. The summed E-state index contributed by atoms with van der Waals surface area (Å²) in [6.07, 6.45) is 8.26. The van der Waals surface area contributed by atoms with Gasteiger partial charge in [0.15, 0.2) is 0 Å². The first-order valence-corrected chi connectivity index (χ1v) is 9.82. The second kappa shape index (κ2) is 5.81. The van der Waals surface area contributed by atoms with Gasteiger partial charge < -0.3 is 15.3 Å². The summed E-state index contributed by atoms with van der Waals surface area (Å²) in [6.45, 7) is 16.3. The minimum atomic E-state index is 0.659. The van der Waals surface area contributed by atoms with Gasteiger partial charge in [-0.05, 0) is 26.3 Å². The molecule has 1 heterocycles. The van der Waals surface area contributed by atoms with Gasteiger partial charge in [0.2, 0.25) is 0 Å². The van der Waals surface area contributed by atoms with Crippen molar-refractivity contribution in [1.29, 1.82) is 0 Å². The van der Waals surface area contributed by atoms with Crippen molar-refractivity contribution in [2.24, 2.45) is 0 Å². The molecular formula is C12H24N4Si4+4. The van der Waals surface area contributed by atoms with Gasteiger partial charge in [0.1, 0.15) is 0 Å². The maximum absolute atomic E-state index is 4.06. The van der Waals surface area contributed by atoms with Crippen molar-refractivity contribution in [3.63, 3.8) is 0 Å². The number of quaternary nitrogens is 4. The zero-order valence-electron chi connectivity index (χ0n) is 12.9. The summed E-state index contributed by atoms with van der Waals surface area (Å²) in [5.74, 6) is 0. The Balaban J connectivity index is 3.31. The highest BCUT2D eigenvalue weighted by Gasteiger charge is 2.64. The Morgan fingerprint density at radius 1 is 0.500 bits per heavy atom. The van der Waals surface area contributed by atoms with Crippen molar-refractivity contribution in [1.82, 2.24) is 0 Å². The predicted octanol–water partition coefficient (Wildman–Crippen LogP) is 0.497. The molecule has 0 amide bonds. The molecule has 1 aliphatic heterocycles. The fourth-order valence-electron chi connectivity index (χ4n) is 2.14. The summed E-state index contributed by atoms with van der Waals surface area (Å²) in [5.41, 5.74) is 0. The topological polar surface area (TPSA) is 0 Å². The largest absolute Gasteiger partial charge is 0.740 e. The zero-order chi connectivity index (χ0) is 15.7. The van der Waals surface area contributed by atoms with E-state index in [4.69, 9.17) is 0 Å². The van der Waals surface area contributed by atoms with Gasteiger partial charge in [-0.1, -0.05) is 0 Å². The van der Waals surface area contributed by atoms with Gasteiger partial charge in [-0.3, -0.25) is 0 Å². The van der Waals surface area contributed by atoms with Crippen LogP contribution < -0.4 is 0 Å². The summed E-state index contributed by atoms with van der Waals surface area (Å²) in [4.78, 5) is 0. The number of hydrogen-bond donors (Lipinski definition) is 0. The van der Waals surface area contributed by atoms with E-state index in [-0.39, 0.29) is 0 Å². The molecule has 1 aliphatic rings. The Hall–Kier alpha value is -0.332. The molecule has 0 aromatic heterocycles. The first-order chi connectivity index (χ1) is 9.07. The van der Waals surface area contributed by atoms with Gasteiger partial charge in [0.25, 0.3) is 0 Å². The average molecular weight is 337 g/mol. The number of nitrogens with zero attached hydrogens (tertiary/aromatic N) is 4. The minimum absolute atomic E-state index is 0.659. The highest BCUT2D eigenvalue weighted by molar-refractivity contribution is 6.48. The average Bonchev–Trinajstić information content (AvgIpc) is 2.36. The van der Waals surface area contributed by atoms with E-state index in [0.29, 0.717) is 39.4 Å². The Kier molecular flexibility index (Phi) is 5.15. The van der Waals surface area contributed by atoms with Crippen LogP contribution >= 0.6 is 0 Å². The van der Waals surface area contributed by atoms with Crippen molar-refractivity contribution in [3.05, 3.63) is 51.1 Å². The molecule has 0 atom stereocenters. The van der Waals surface area contributed by atoms with Gasteiger partial charge in [-0.15, -0.1) is 0 Å². The summed E-state index contributed by atoms with van der Waals surface area (Å²) >= 11 is 0. The van der Waals surface area contributed by atoms with Crippen LogP contribution in [0.25, 0.3) is 0 Å². The van der Waals surface area contributed by atoms with Crippen LogP contribution in [0.1, 0.15) is 0 Å². The van der Waals surface area contributed by atoms with Gasteiger partial charge >= 0.3 is 39.4 Å². The van der Waals surface area contributed by atoms with E-state index in [9.17, 15) is 0 Å². The lowest BCUT2D eigenvalue weighted by atomic mass is 11.0. The Bertz CT molecular complexity index is 349. The molecule has 8 heteroatoms. The minimum Gasteiger partial charge on any atom is -0.303 e. The second-order valence-corrected chi connectivity index (χ2v) is 15.5. The van der Waals surface area contributed by atoms with Crippen molar-refractivity contribution in [2.45, 2.75) is 0 Å². The molecule has 0 aliphatic carbocycles. The molecule has 0 aromatic rings. The molecule has 1 fully saturated rings. The van der Waals surface area contributed by atoms with Crippen LogP contribution in [0.4, 0.5) is 0 Å². The van der Waals surface area contributed by atoms with Crippen LogP contribution in [0.3, 0.4) is 0 Å². The van der Waals surface area contributed by atoms with E-state index in [2.05, 4.69) is 79.3 Å². The normalized spacial score (nSPS) is 45.8. The Morgan fingerprint density at radius 3 is 0.750 bits per heavy atom. The fourth-order valence-corrected chi connectivity index (χ4v) is 13.1. The van der Waals surface area contributed by atoms with Crippen LogP contribution in [0.5, 0.6) is 0 Å². The molecule has 0 saturated carbocycles. The molecule has 1 rings (SSSR count). The maximum Gasteiger partial charge on any atom is 0.740 e. The van der Waals surface area contributed by atoms with Crippen molar-refractivity contribution in [3.8, 4) is 0 Å². The molecule has 104 valence electrons. The summed E-state index contributed by atoms with van der Waals surface area (Å²) < 4.78 is 3.40.